The van der Waals surface area contributed by atoms with Crippen molar-refractivity contribution in [2.45, 2.75) is 32.6 Å². The first kappa shape index (κ1) is 14.0. The number of likely N-dealkylation sites (N-methyl/N-ethyl adjacent to an activating group) is 1. The van der Waals surface area contributed by atoms with E-state index in [-0.39, 0.29) is 17.7 Å². The molecule has 0 saturated heterocycles. The number of carboxylic acid groups (broad SMARTS) is 1. The normalized spacial score (nSPS) is 24.3. The topological polar surface area (TPSA) is 78.4 Å². The predicted molar refractivity (Wildman–Crippen MR) is 64.6 cm³/mol. The highest BCUT2D eigenvalue weighted by Gasteiger charge is 2.30. The van der Waals surface area contributed by atoms with Gasteiger partial charge in [-0.2, -0.15) is 0 Å². The van der Waals surface area contributed by atoms with Crippen LogP contribution in [0.1, 0.15) is 32.6 Å². The lowest BCUT2D eigenvalue weighted by atomic mass is 9.79. The quantitative estimate of drug-likeness (QED) is 0.637. The van der Waals surface area contributed by atoms with Crippen molar-refractivity contribution in [3.05, 3.63) is 0 Å². The van der Waals surface area contributed by atoms with Crippen molar-refractivity contribution in [2.24, 2.45) is 11.8 Å². The van der Waals surface area contributed by atoms with Crippen molar-refractivity contribution in [1.82, 2.24) is 10.6 Å². The van der Waals surface area contributed by atoms with Crippen molar-refractivity contribution in [3.8, 4) is 0 Å². The van der Waals surface area contributed by atoms with Crippen LogP contribution in [-0.4, -0.2) is 36.6 Å². The van der Waals surface area contributed by atoms with Crippen LogP contribution in [0.25, 0.3) is 0 Å². The average Bonchev–Trinajstić information content (AvgIpc) is 2.34. The third-order valence-corrected chi connectivity index (χ3v) is 3.32. The third-order valence-electron chi connectivity index (χ3n) is 3.32. The molecule has 1 saturated carbocycles. The zero-order valence-electron chi connectivity index (χ0n) is 10.4. The predicted octanol–water partition coefficient (Wildman–Crippen LogP) is 0.603. The van der Waals surface area contributed by atoms with Crippen molar-refractivity contribution < 1.29 is 14.7 Å². The number of amides is 1. The Morgan fingerprint density at radius 2 is 2.00 bits per heavy atom. The molecule has 2 unspecified atom stereocenters. The van der Waals surface area contributed by atoms with Crippen LogP contribution in [0.3, 0.4) is 0 Å². The van der Waals surface area contributed by atoms with Gasteiger partial charge in [0.25, 0.3) is 0 Å². The van der Waals surface area contributed by atoms with E-state index in [4.69, 9.17) is 5.11 Å². The Balaban J connectivity index is 2.32. The molecule has 1 aliphatic rings. The number of hydrogen-bond acceptors (Lipinski definition) is 3. The van der Waals surface area contributed by atoms with Gasteiger partial charge >= 0.3 is 5.97 Å². The van der Waals surface area contributed by atoms with Crippen LogP contribution >= 0.6 is 0 Å². The molecule has 3 N–H and O–H groups in total. The first-order valence-corrected chi connectivity index (χ1v) is 6.35. The van der Waals surface area contributed by atoms with Gasteiger partial charge in [-0.25, -0.2) is 0 Å². The van der Waals surface area contributed by atoms with Gasteiger partial charge < -0.3 is 15.7 Å². The summed E-state index contributed by atoms with van der Waals surface area (Å²) in [5, 5.41) is 14.8. The van der Waals surface area contributed by atoms with Crippen LogP contribution in [0.15, 0.2) is 0 Å². The maximum absolute atomic E-state index is 11.4. The summed E-state index contributed by atoms with van der Waals surface area (Å²) in [5.41, 5.74) is 0. The molecule has 0 aliphatic heterocycles. The van der Waals surface area contributed by atoms with Crippen LogP contribution < -0.4 is 10.6 Å². The summed E-state index contributed by atoms with van der Waals surface area (Å²) in [6.45, 7) is 3.49. The van der Waals surface area contributed by atoms with Gasteiger partial charge in [-0.15, -0.1) is 0 Å². The fourth-order valence-corrected chi connectivity index (χ4v) is 2.32. The van der Waals surface area contributed by atoms with Gasteiger partial charge in [0, 0.05) is 6.54 Å². The number of aliphatic carboxylic acids is 1. The Hall–Kier alpha value is -1.10. The molecule has 0 radical (unpaired) electrons. The zero-order valence-corrected chi connectivity index (χ0v) is 10.4. The molecular formula is C12H22N2O3. The summed E-state index contributed by atoms with van der Waals surface area (Å²) in [6.07, 6.45) is 3.69. The molecule has 5 heteroatoms. The molecule has 98 valence electrons. The maximum Gasteiger partial charge on any atom is 0.306 e. The smallest absolute Gasteiger partial charge is 0.306 e. The molecule has 1 aliphatic carbocycles. The second-order valence-electron chi connectivity index (χ2n) is 4.57. The van der Waals surface area contributed by atoms with Crippen molar-refractivity contribution >= 4 is 11.9 Å². The lowest BCUT2D eigenvalue weighted by molar-refractivity contribution is -0.145. The van der Waals surface area contributed by atoms with Gasteiger partial charge in [0.1, 0.15) is 0 Å². The molecule has 0 spiro atoms. The lowest BCUT2D eigenvalue weighted by Crippen LogP contribution is -2.40. The fourth-order valence-electron chi connectivity index (χ4n) is 2.32. The van der Waals surface area contributed by atoms with Crippen LogP contribution in [0, 0.1) is 11.8 Å². The standard InChI is InChI=1S/C12H22N2O3/c1-2-13-8-11(15)14-7-9-5-3-4-6-10(9)12(16)17/h9-10,13H,2-8H2,1H3,(H,14,15)(H,16,17). The Kier molecular flexibility index (Phi) is 5.97. The second-order valence-corrected chi connectivity index (χ2v) is 4.57. The van der Waals surface area contributed by atoms with Crippen LogP contribution in [0.4, 0.5) is 0 Å². The van der Waals surface area contributed by atoms with Gasteiger partial charge in [-0.05, 0) is 25.3 Å². The summed E-state index contributed by atoms with van der Waals surface area (Å²) in [5.74, 6) is -0.979. The average molecular weight is 242 g/mol. The molecule has 0 aromatic carbocycles. The van der Waals surface area contributed by atoms with E-state index in [2.05, 4.69) is 10.6 Å². The minimum Gasteiger partial charge on any atom is -0.481 e. The first-order chi connectivity index (χ1) is 8.15. The highest BCUT2D eigenvalue weighted by Crippen LogP contribution is 2.29. The number of nitrogens with one attached hydrogen (secondary N) is 2. The van der Waals surface area contributed by atoms with Crippen LogP contribution in [-0.2, 0) is 9.59 Å². The number of rotatable bonds is 6. The molecule has 1 fully saturated rings. The molecule has 0 bridgehead atoms. The lowest BCUT2D eigenvalue weighted by Gasteiger charge is -2.28. The molecule has 2 atom stereocenters. The van der Waals surface area contributed by atoms with Gasteiger partial charge in [-0.1, -0.05) is 19.8 Å². The van der Waals surface area contributed by atoms with E-state index in [1.807, 2.05) is 6.92 Å². The molecule has 0 aromatic heterocycles. The zero-order chi connectivity index (χ0) is 12.7. The SMILES string of the molecule is CCNCC(=O)NCC1CCCCC1C(=O)O. The first-order valence-electron chi connectivity index (χ1n) is 6.35. The second kappa shape index (κ2) is 7.27. The largest absolute Gasteiger partial charge is 0.481 e. The third kappa shape index (κ3) is 4.73. The van der Waals surface area contributed by atoms with E-state index in [1.54, 1.807) is 0 Å². The molecule has 0 heterocycles. The molecule has 5 nitrogen and oxygen atoms in total. The van der Waals surface area contributed by atoms with Crippen molar-refractivity contribution in [1.29, 1.82) is 0 Å². The van der Waals surface area contributed by atoms with E-state index in [9.17, 15) is 9.59 Å². The minimum atomic E-state index is -0.726. The molecule has 1 amide bonds. The number of hydrogen-bond donors (Lipinski definition) is 3. The van der Waals surface area contributed by atoms with E-state index in [0.717, 1.165) is 32.2 Å². The minimum absolute atomic E-state index is 0.0541. The molecule has 0 aromatic rings. The highest BCUT2D eigenvalue weighted by atomic mass is 16.4. The highest BCUT2D eigenvalue weighted by molar-refractivity contribution is 5.78. The Morgan fingerprint density at radius 3 is 2.65 bits per heavy atom. The molecular weight excluding hydrogens is 220 g/mol. The van der Waals surface area contributed by atoms with Crippen LogP contribution in [0.2, 0.25) is 0 Å². The van der Waals surface area contributed by atoms with Gasteiger partial charge in [0.2, 0.25) is 5.91 Å². The maximum atomic E-state index is 11.4. The summed E-state index contributed by atoms with van der Waals surface area (Å²) < 4.78 is 0. The van der Waals surface area contributed by atoms with Gasteiger partial charge in [0.05, 0.1) is 12.5 Å². The molecule has 1 rings (SSSR count). The summed E-state index contributed by atoms with van der Waals surface area (Å²) in [4.78, 5) is 22.5. The van der Waals surface area contributed by atoms with Crippen LogP contribution in [0.5, 0.6) is 0 Å². The Bertz CT molecular complexity index is 268. The number of carboxylic acids is 1. The van der Waals surface area contributed by atoms with Crippen molar-refractivity contribution in [2.75, 3.05) is 19.6 Å². The van der Waals surface area contributed by atoms with Gasteiger partial charge in [0.15, 0.2) is 0 Å². The van der Waals surface area contributed by atoms with Crippen molar-refractivity contribution in [3.63, 3.8) is 0 Å². The fraction of sp³-hybridized carbons (Fsp3) is 0.833. The monoisotopic (exact) mass is 242 g/mol. The van der Waals surface area contributed by atoms with E-state index in [0.29, 0.717) is 13.1 Å². The number of carbonyl (C=O) groups excluding carboxylic acids is 1. The number of carbonyl (C=O) groups is 2. The molecule has 17 heavy (non-hydrogen) atoms. The Morgan fingerprint density at radius 1 is 1.29 bits per heavy atom. The van der Waals surface area contributed by atoms with E-state index in [1.165, 1.54) is 0 Å². The summed E-state index contributed by atoms with van der Waals surface area (Å²) >= 11 is 0. The Labute approximate surface area is 102 Å². The van der Waals surface area contributed by atoms with E-state index >= 15 is 0 Å². The summed E-state index contributed by atoms with van der Waals surface area (Å²) in [6, 6.07) is 0. The van der Waals surface area contributed by atoms with E-state index < -0.39 is 5.97 Å². The van der Waals surface area contributed by atoms with Gasteiger partial charge in [-0.3, -0.25) is 9.59 Å². The summed E-state index contributed by atoms with van der Waals surface area (Å²) in [7, 11) is 0.